The highest BCUT2D eigenvalue weighted by Crippen LogP contribution is 1.80. The summed E-state index contributed by atoms with van der Waals surface area (Å²) in [5.41, 5.74) is 0. The van der Waals surface area contributed by atoms with Crippen molar-refractivity contribution in [1.29, 1.82) is 0 Å². The summed E-state index contributed by atoms with van der Waals surface area (Å²) in [5, 5.41) is 0. The van der Waals surface area contributed by atoms with Crippen LogP contribution < -0.4 is 0 Å². The van der Waals surface area contributed by atoms with Gasteiger partial charge in [0.1, 0.15) is 6.11 Å². The number of ether oxygens (including phenoxy) is 1. The Morgan fingerprint density at radius 1 is 1.75 bits per heavy atom. The summed E-state index contributed by atoms with van der Waals surface area (Å²) >= 11 is 0. The molecule has 1 unspecified atom stereocenters. The van der Waals surface area contributed by atoms with E-state index in [1.54, 1.807) is 6.11 Å². The molecule has 1 atom stereocenters. The summed E-state index contributed by atoms with van der Waals surface area (Å²) in [6, 6.07) is 0. The Labute approximate surface area is 46.6 Å². The van der Waals surface area contributed by atoms with E-state index in [0.29, 0.717) is 0 Å². The molecule has 8 heavy (non-hydrogen) atoms. The third-order valence-corrected chi connectivity index (χ3v) is 0.351. The van der Waals surface area contributed by atoms with Crippen LogP contribution >= 0.6 is 0 Å². The first kappa shape index (κ1) is 6.96. The van der Waals surface area contributed by atoms with Crippen LogP contribution in [0.5, 0.6) is 0 Å². The lowest BCUT2D eigenvalue weighted by Crippen LogP contribution is -1.84. The minimum Gasteiger partial charge on any atom is -0.364 e. The quantitative estimate of drug-likeness (QED) is 0.462. The van der Waals surface area contributed by atoms with Crippen molar-refractivity contribution in [1.82, 2.24) is 0 Å². The van der Waals surface area contributed by atoms with Crippen molar-refractivity contribution in [3.8, 4) is 12.0 Å². The molecule has 1 radical (unpaired) electrons. The molecule has 0 aliphatic carbocycles. The maximum Gasteiger partial charge on any atom is 0.432 e. The number of halogens is 1. The lowest BCUT2D eigenvalue weighted by molar-refractivity contribution is 0.411. The van der Waals surface area contributed by atoms with Crippen molar-refractivity contribution in [2.24, 2.45) is 0 Å². The molecule has 0 fully saturated rings. The van der Waals surface area contributed by atoms with Crippen LogP contribution in [0.3, 0.4) is 0 Å². The van der Waals surface area contributed by atoms with Gasteiger partial charge >= 0.3 is 6.47 Å². The smallest absolute Gasteiger partial charge is 0.364 e. The summed E-state index contributed by atoms with van der Waals surface area (Å²) in [6.07, 6.45) is 0.525. The number of hydrogen-bond donors (Lipinski definition) is 0. The van der Waals surface area contributed by atoms with Gasteiger partial charge in [-0.05, 0) is 12.8 Å². The van der Waals surface area contributed by atoms with E-state index in [0.717, 1.165) is 6.47 Å². The summed E-state index contributed by atoms with van der Waals surface area (Å²) in [7, 11) is 0. The number of hydrogen-bond acceptors (Lipinski definition) is 2. The van der Waals surface area contributed by atoms with E-state index in [9.17, 15) is 9.18 Å². The van der Waals surface area contributed by atoms with Crippen LogP contribution in [-0.4, -0.2) is 12.6 Å². The molecule has 3 heteroatoms. The van der Waals surface area contributed by atoms with Gasteiger partial charge in [-0.15, -0.1) is 0 Å². The maximum absolute atomic E-state index is 11.6. The van der Waals surface area contributed by atoms with E-state index in [1.165, 1.54) is 6.92 Å². The molecule has 0 aromatic rings. The SMILES string of the molecule is CC(F)C#CO[C]=O. The fourth-order valence-electron chi connectivity index (χ4n) is 0.131. The third kappa shape index (κ3) is 4.96. The van der Waals surface area contributed by atoms with E-state index < -0.39 is 6.17 Å². The van der Waals surface area contributed by atoms with E-state index in [2.05, 4.69) is 4.74 Å². The van der Waals surface area contributed by atoms with Gasteiger partial charge in [0.15, 0.2) is 6.17 Å². The first-order chi connectivity index (χ1) is 3.77. The molecule has 0 saturated heterocycles. The molecule has 43 valence electrons. The second kappa shape index (κ2) is 4.13. The van der Waals surface area contributed by atoms with Gasteiger partial charge in [0.25, 0.3) is 0 Å². The van der Waals surface area contributed by atoms with Crippen molar-refractivity contribution in [2.45, 2.75) is 13.1 Å². The Morgan fingerprint density at radius 3 is 2.75 bits per heavy atom. The maximum atomic E-state index is 11.6. The van der Waals surface area contributed by atoms with Crippen molar-refractivity contribution in [3.63, 3.8) is 0 Å². The molecule has 0 N–H and O–H groups in total. The third-order valence-electron chi connectivity index (χ3n) is 0.351. The Hall–Kier alpha value is -1.04. The van der Waals surface area contributed by atoms with Gasteiger partial charge in [-0.3, -0.25) is 0 Å². The van der Waals surface area contributed by atoms with Gasteiger partial charge in [-0.2, -0.15) is 0 Å². The van der Waals surface area contributed by atoms with Gasteiger partial charge < -0.3 is 4.74 Å². The molecule has 0 spiro atoms. The highest BCUT2D eigenvalue weighted by Gasteiger charge is 1.84. The summed E-state index contributed by atoms with van der Waals surface area (Å²) in [6.45, 7) is 2.27. The molecular formula is C5H4FO2. The van der Waals surface area contributed by atoms with Crippen molar-refractivity contribution in [2.75, 3.05) is 0 Å². The van der Waals surface area contributed by atoms with Crippen LogP contribution in [0.1, 0.15) is 6.92 Å². The molecule has 0 aromatic heterocycles. The van der Waals surface area contributed by atoms with E-state index >= 15 is 0 Å². The van der Waals surface area contributed by atoms with E-state index in [1.807, 2.05) is 5.92 Å². The molecule has 0 heterocycles. The largest absolute Gasteiger partial charge is 0.432 e. The first-order valence-corrected chi connectivity index (χ1v) is 1.95. The molecule has 0 rings (SSSR count). The predicted molar refractivity (Wildman–Crippen MR) is 25.1 cm³/mol. The predicted octanol–water partition coefficient (Wildman–Crippen LogP) is 0.389. The normalized spacial score (nSPS) is 10.8. The average Bonchev–Trinajstić information content (AvgIpc) is 1.66. The Bertz CT molecular complexity index is 120. The number of carbonyl (C=O) groups excluding carboxylic acids is 1. The first-order valence-electron chi connectivity index (χ1n) is 1.95. The molecule has 0 aliphatic heterocycles. The zero-order valence-corrected chi connectivity index (χ0v) is 4.27. The Balaban J connectivity index is 3.34. The number of alkyl halides is 1. The van der Waals surface area contributed by atoms with Crippen LogP contribution in [0.2, 0.25) is 0 Å². The molecule has 0 aliphatic rings. The van der Waals surface area contributed by atoms with Gasteiger partial charge in [-0.25, -0.2) is 9.18 Å². The molecule has 0 amide bonds. The van der Waals surface area contributed by atoms with E-state index in [-0.39, 0.29) is 0 Å². The zero-order chi connectivity index (χ0) is 6.41. The van der Waals surface area contributed by atoms with Crippen molar-refractivity contribution < 1.29 is 13.9 Å². The Morgan fingerprint density at radius 2 is 2.38 bits per heavy atom. The zero-order valence-electron chi connectivity index (χ0n) is 4.27. The topological polar surface area (TPSA) is 26.3 Å². The van der Waals surface area contributed by atoms with Gasteiger partial charge in [0.05, 0.1) is 0 Å². The number of rotatable bonds is 1. The van der Waals surface area contributed by atoms with Crippen molar-refractivity contribution in [3.05, 3.63) is 0 Å². The molecule has 0 aromatic carbocycles. The van der Waals surface area contributed by atoms with Gasteiger partial charge in [0.2, 0.25) is 0 Å². The standard InChI is InChI=1S/C5H4FO2/c1-5(6)2-3-8-4-7/h5H,1H3. The fraction of sp³-hybridized carbons (Fsp3) is 0.400. The fourth-order valence-corrected chi connectivity index (χ4v) is 0.131. The second-order valence-corrected chi connectivity index (χ2v) is 1.05. The molecule has 0 bridgehead atoms. The monoisotopic (exact) mass is 115 g/mol. The molecular weight excluding hydrogens is 111 g/mol. The van der Waals surface area contributed by atoms with Crippen LogP contribution in [0.15, 0.2) is 0 Å². The van der Waals surface area contributed by atoms with Crippen LogP contribution in [0, 0.1) is 12.0 Å². The lowest BCUT2D eigenvalue weighted by Gasteiger charge is -1.79. The van der Waals surface area contributed by atoms with Crippen molar-refractivity contribution >= 4 is 6.47 Å². The second-order valence-electron chi connectivity index (χ2n) is 1.05. The summed E-state index contributed by atoms with van der Waals surface area (Å²) < 4.78 is 15.4. The summed E-state index contributed by atoms with van der Waals surface area (Å²) in [4.78, 5) is 9.21. The van der Waals surface area contributed by atoms with E-state index in [4.69, 9.17) is 0 Å². The lowest BCUT2D eigenvalue weighted by atomic mass is 10.5. The van der Waals surface area contributed by atoms with Crippen LogP contribution in [0.25, 0.3) is 0 Å². The highest BCUT2D eigenvalue weighted by atomic mass is 19.1. The Kier molecular flexibility index (Phi) is 3.59. The minimum absolute atomic E-state index is 1.03. The van der Waals surface area contributed by atoms with Gasteiger partial charge in [0, 0.05) is 0 Å². The minimum atomic E-state index is -1.26. The average molecular weight is 115 g/mol. The highest BCUT2D eigenvalue weighted by molar-refractivity contribution is 5.40. The molecule has 0 saturated carbocycles. The van der Waals surface area contributed by atoms with Crippen LogP contribution in [0.4, 0.5) is 4.39 Å². The summed E-state index contributed by atoms with van der Waals surface area (Å²) in [5.74, 6) is 1.94. The molecule has 2 nitrogen and oxygen atoms in total. The van der Waals surface area contributed by atoms with Gasteiger partial charge in [-0.1, -0.05) is 0 Å². The van der Waals surface area contributed by atoms with Crippen LogP contribution in [-0.2, 0) is 9.53 Å².